The van der Waals surface area contributed by atoms with Gasteiger partial charge in [-0.25, -0.2) is 4.98 Å². The van der Waals surface area contributed by atoms with E-state index in [1.807, 2.05) is 6.07 Å². The summed E-state index contributed by atoms with van der Waals surface area (Å²) in [6.45, 7) is 0.670. The number of oxazole rings is 1. The molecule has 14 heavy (non-hydrogen) atoms. The van der Waals surface area contributed by atoms with Crippen LogP contribution >= 0.6 is 0 Å². The molecule has 0 aliphatic rings. The zero-order valence-corrected chi connectivity index (χ0v) is 7.77. The van der Waals surface area contributed by atoms with E-state index < -0.39 is 0 Å². The summed E-state index contributed by atoms with van der Waals surface area (Å²) in [5.74, 6) is 1.19. The Labute approximate surface area is 81.7 Å². The van der Waals surface area contributed by atoms with E-state index in [0.717, 1.165) is 18.5 Å². The molecule has 4 nitrogen and oxygen atoms in total. The van der Waals surface area contributed by atoms with E-state index in [0.29, 0.717) is 18.2 Å². The Morgan fingerprint density at radius 1 is 1.36 bits per heavy atom. The molecule has 0 fully saturated rings. The first kappa shape index (κ1) is 9.02. The first-order valence-corrected chi connectivity index (χ1v) is 4.58. The average molecular weight is 192 g/mol. The molecular weight excluding hydrogens is 180 g/mol. The van der Waals surface area contributed by atoms with Crippen LogP contribution in [0.15, 0.2) is 33.5 Å². The van der Waals surface area contributed by atoms with Gasteiger partial charge in [-0.3, -0.25) is 0 Å². The van der Waals surface area contributed by atoms with Crippen LogP contribution in [-0.4, -0.2) is 11.5 Å². The second kappa shape index (κ2) is 4.11. The highest BCUT2D eigenvalue weighted by molar-refractivity contribution is 5.43. The smallest absolute Gasteiger partial charge is 0.262 e. The van der Waals surface area contributed by atoms with Crippen molar-refractivity contribution in [2.75, 3.05) is 6.54 Å². The topological polar surface area (TPSA) is 65.2 Å². The fourth-order valence-electron chi connectivity index (χ4n) is 1.22. The summed E-state index contributed by atoms with van der Waals surface area (Å²) in [5.41, 5.74) is 6.32. The summed E-state index contributed by atoms with van der Waals surface area (Å²) >= 11 is 0. The minimum Gasteiger partial charge on any atom is -0.459 e. The van der Waals surface area contributed by atoms with Gasteiger partial charge in [-0.2, -0.15) is 0 Å². The van der Waals surface area contributed by atoms with Gasteiger partial charge >= 0.3 is 0 Å². The minimum absolute atomic E-state index is 0.530. The Hall–Kier alpha value is -1.55. The number of aryl methyl sites for hydroxylation is 1. The standard InChI is InChI=1S/C10H12N2O2/c11-5-1-3-8-7-14-10(12-8)9-4-2-6-13-9/h2,4,6-7H,1,3,5,11H2. The first-order chi connectivity index (χ1) is 6.90. The van der Waals surface area contributed by atoms with E-state index in [9.17, 15) is 0 Å². The Morgan fingerprint density at radius 3 is 3.00 bits per heavy atom. The molecule has 0 aromatic carbocycles. The van der Waals surface area contributed by atoms with Gasteiger partial charge in [0.25, 0.3) is 5.89 Å². The van der Waals surface area contributed by atoms with Gasteiger partial charge in [-0.15, -0.1) is 0 Å². The molecule has 0 aliphatic carbocycles. The van der Waals surface area contributed by atoms with Crippen LogP contribution in [-0.2, 0) is 6.42 Å². The van der Waals surface area contributed by atoms with Gasteiger partial charge < -0.3 is 14.6 Å². The molecular formula is C10H12N2O2. The third-order valence-corrected chi connectivity index (χ3v) is 1.92. The molecule has 0 spiro atoms. The van der Waals surface area contributed by atoms with Crippen molar-refractivity contribution in [3.8, 4) is 11.7 Å². The molecule has 0 saturated heterocycles. The molecule has 0 radical (unpaired) electrons. The highest BCUT2D eigenvalue weighted by Crippen LogP contribution is 2.18. The summed E-state index contributed by atoms with van der Waals surface area (Å²) in [6.07, 6.45) is 5.01. The van der Waals surface area contributed by atoms with E-state index in [4.69, 9.17) is 14.6 Å². The predicted molar refractivity (Wildman–Crippen MR) is 51.6 cm³/mol. The van der Waals surface area contributed by atoms with Crippen LogP contribution in [0, 0.1) is 0 Å². The predicted octanol–water partition coefficient (Wildman–Crippen LogP) is 1.83. The number of nitrogens with zero attached hydrogens (tertiary/aromatic N) is 1. The van der Waals surface area contributed by atoms with E-state index in [1.165, 1.54) is 0 Å². The van der Waals surface area contributed by atoms with Crippen molar-refractivity contribution in [3.63, 3.8) is 0 Å². The molecule has 2 rings (SSSR count). The average Bonchev–Trinajstić information content (AvgIpc) is 2.85. The summed E-state index contributed by atoms with van der Waals surface area (Å²) < 4.78 is 10.4. The van der Waals surface area contributed by atoms with E-state index in [-0.39, 0.29) is 0 Å². The molecule has 2 aromatic rings. The summed E-state index contributed by atoms with van der Waals surface area (Å²) in [4.78, 5) is 4.27. The monoisotopic (exact) mass is 192 g/mol. The lowest BCUT2D eigenvalue weighted by atomic mass is 10.2. The Morgan fingerprint density at radius 2 is 2.29 bits per heavy atom. The summed E-state index contributed by atoms with van der Waals surface area (Å²) in [6, 6.07) is 3.62. The number of furan rings is 1. The van der Waals surface area contributed by atoms with Gasteiger partial charge in [0, 0.05) is 0 Å². The number of rotatable bonds is 4. The van der Waals surface area contributed by atoms with Gasteiger partial charge in [0.15, 0.2) is 5.76 Å². The molecule has 0 bridgehead atoms. The third-order valence-electron chi connectivity index (χ3n) is 1.92. The molecule has 2 aromatic heterocycles. The molecule has 0 amide bonds. The normalized spacial score (nSPS) is 10.6. The Bertz CT molecular complexity index is 378. The molecule has 74 valence electrons. The first-order valence-electron chi connectivity index (χ1n) is 4.58. The minimum atomic E-state index is 0.530. The lowest BCUT2D eigenvalue weighted by Gasteiger charge is -1.89. The fourth-order valence-corrected chi connectivity index (χ4v) is 1.22. The summed E-state index contributed by atoms with van der Waals surface area (Å²) in [7, 11) is 0. The maximum Gasteiger partial charge on any atom is 0.262 e. The van der Waals surface area contributed by atoms with Crippen molar-refractivity contribution in [2.45, 2.75) is 12.8 Å². The van der Waals surface area contributed by atoms with Crippen LogP contribution in [0.2, 0.25) is 0 Å². The van der Waals surface area contributed by atoms with Crippen LogP contribution in [0.25, 0.3) is 11.7 Å². The van der Waals surface area contributed by atoms with Crippen molar-refractivity contribution in [2.24, 2.45) is 5.73 Å². The largest absolute Gasteiger partial charge is 0.459 e. The molecule has 0 atom stereocenters. The van der Waals surface area contributed by atoms with Gasteiger partial charge in [0.05, 0.1) is 12.0 Å². The maximum absolute atomic E-state index is 5.40. The zero-order valence-electron chi connectivity index (χ0n) is 7.77. The van der Waals surface area contributed by atoms with Crippen molar-refractivity contribution in [1.29, 1.82) is 0 Å². The quantitative estimate of drug-likeness (QED) is 0.802. The molecule has 0 unspecified atom stereocenters. The number of hydrogen-bond donors (Lipinski definition) is 1. The Kier molecular flexibility index (Phi) is 2.65. The fraction of sp³-hybridized carbons (Fsp3) is 0.300. The number of nitrogens with two attached hydrogens (primary N) is 1. The SMILES string of the molecule is NCCCc1coc(-c2ccco2)n1. The van der Waals surface area contributed by atoms with Crippen LogP contribution in [0.3, 0.4) is 0 Å². The van der Waals surface area contributed by atoms with Crippen LogP contribution in [0.4, 0.5) is 0 Å². The van der Waals surface area contributed by atoms with Crippen molar-refractivity contribution >= 4 is 0 Å². The van der Waals surface area contributed by atoms with Crippen LogP contribution in [0.5, 0.6) is 0 Å². The van der Waals surface area contributed by atoms with Crippen molar-refractivity contribution < 1.29 is 8.83 Å². The number of hydrogen-bond acceptors (Lipinski definition) is 4. The molecule has 2 N–H and O–H groups in total. The van der Waals surface area contributed by atoms with Gasteiger partial charge in [0.2, 0.25) is 0 Å². The highest BCUT2D eigenvalue weighted by atomic mass is 16.4. The van der Waals surface area contributed by atoms with E-state index in [2.05, 4.69) is 4.98 Å². The highest BCUT2D eigenvalue weighted by Gasteiger charge is 2.07. The second-order valence-corrected chi connectivity index (χ2v) is 3.01. The maximum atomic E-state index is 5.40. The molecule has 2 heterocycles. The summed E-state index contributed by atoms with van der Waals surface area (Å²) in [5, 5.41) is 0. The van der Waals surface area contributed by atoms with Crippen molar-refractivity contribution in [1.82, 2.24) is 4.98 Å². The van der Waals surface area contributed by atoms with Crippen molar-refractivity contribution in [3.05, 3.63) is 30.4 Å². The third kappa shape index (κ3) is 1.85. The lowest BCUT2D eigenvalue weighted by Crippen LogP contribution is -2.00. The van der Waals surface area contributed by atoms with E-state index >= 15 is 0 Å². The molecule has 0 aliphatic heterocycles. The van der Waals surface area contributed by atoms with Gasteiger partial charge in [-0.1, -0.05) is 0 Å². The zero-order chi connectivity index (χ0) is 9.80. The molecule has 0 saturated carbocycles. The van der Waals surface area contributed by atoms with E-state index in [1.54, 1.807) is 18.6 Å². The number of aromatic nitrogens is 1. The second-order valence-electron chi connectivity index (χ2n) is 3.01. The van der Waals surface area contributed by atoms with Crippen LogP contribution < -0.4 is 5.73 Å². The van der Waals surface area contributed by atoms with Crippen LogP contribution in [0.1, 0.15) is 12.1 Å². The van der Waals surface area contributed by atoms with Gasteiger partial charge in [-0.05, 0) is 31.5 Å². The molecule has 4 heteroatoms. The van der Waals surface area contributed by atoms with Gasteiger partial charge in [0.1, 0.15) is 6.26 Å². The lowest BCUT2D eigenvalue weighted by molar-refractivity contribution is 0.517. The Balaban J connectivity index is 2.10.